The highest BCUT2D eigenvalue weighted by molar-refractivity contribution is 5.57. The Balaban J connectivity index is 1.60. The van der Waals surface area contributed by atoms with Gasteiger partial charge in [-0.3, -0.25) is 10.1 Å². The zero-order valence-corrected chi connectivity index (χ0v) is 14.8. The maximum absolute atomic E-state index is 13.4. The van der Waals surface area contributed by atoms with Gasteiger partial charge in [-0.25, -0.2) is 9.97 Å². The van der Waals surface area contributed by atoms with Crippen molar-refractivity contribution in [1.82, 2.24) is 25.1 Å². The van der Waals surface area contributed by atoms with E-state index in [0.717, 1.165) is 24.6 Å². The average Bonchev–Trinajstić information content (AvgIpc) is 3.14. The van der Waals surface area contributed by atoms with Gasteiger partial charge in [0.25, 0.3) is 0 Å². The number of aromatic nitrogens is 5. The Morgan fingerprint density at radius 2 is 1.93 bits per heavy atom. The summed E-state index contributed by atoms with van der Waals surface area (Å²) < 4.78 is 40.1. The zero-order valence-electron chi connectivity index (χ0n) is 14.8. The molecule has 0 aliphatic carbocycles. The number of alkyl halides is 3. The number of hydrogen-bond donors (Lipinski definition) is 2. The van der Waals surface area contributed by atoms with Gasteiger partial charge in [0.05, 0.1) is 0 Å². The van der Waals surface area contributed by atoms with Crippen molar-refractivity contribution in [3.05, 3.63) is 48.0 Å². The van der Waals surface area contributed by atoms with Crippen LogP contribution in [0.4, 0.5) is 24.8 Å². The lowest BCUT2D eigenvalue weighted by atomic mass is 9.93. The smallest absolute Gasteiger partial charge is 0.382 e. The maximum Gasteiger partial charge on any atom is 0.433 e. The monoisotopic (exact) mass is 389 g/mol. The Morgan fingerprint density at radius 3 is 2.54 bits per heavy atom. The lowest BCUT2D eigenvalue weighted by Crippen LogP contribution is -2.34. The minimum absolute atomic E-state index is 0.0152. The van der Waals surface area contributed by atoms with E-state index in [2.05, 4.69) is 25.1 Å². The van der Waals surface area contributed by atoms with Gasteiger partial charge >= 0.3 is 6.18 Å². The van der Waals surface area contributed by atoms with E-state index in [1.165, 1.54) is 6.20 Å². The van der Waals surface area contributed by atoms with Crippen molar-refractivity contribution in [2.45, 2.75) is 24.9 Å². The number of anilines is 2. The number of nitrogens with zero attached hydrogens (tertiary/aromatic N) is 5. The molecule has 4 heterocycles. The summed E-state index contributed by atoms with van der Waals surface area (Å²) in [5.41, 5.74) is 6.09. The molecule has 0 bridgehead atoms. The van der Waals surface area contributed by atoms with Gasteiger partial charge in [0, 0.05) is 54.8 Å². The summed E-state index contributed by atoms with van der Waals surface area (Å²) in [7, 11) is 0. The Hall–Kier alpha value is -3.17. The highest BCUT2D eigenvalue weighted by Crippen LogP contribution is 2.34. The highest BCUT2D eigenvalue weighted by atomic mass is 19.4. The van der Waals surface area contributed by atoms with Crippen LogP contribution < -0.4 is 10.6 Å². The van der Waals surface area contributed by atoms with Crippen LogP contribution in [0.15, 0.2) is 36.7 Å². The van der Waals surface area contributed by atoms with E-state index < -0.39 is 11.9 Å². The molecule has 146 valence electrons. The van der Waals surface area contributed by atoms with Crippen LogP contribution in [-0.2, 0) is 6.18 Å². The summed E-state index contributed by atoms with van der Waals surface area (Å²) in [4.78, 5) is 13.9. The molecule has 0 atom stereocenters. The molecule has 0 amide bonds. The fourth-order valence-electron chi connectivity index (χ4n) is 3.35. The Morgan fingerprint density at radius 1 is 1.14 bits per heavy atom. The SMILES string of the molecule is Nc1cc(C2CCN(c3cc(C(F)(F)F)nc(-c4cccnc4)n3)CC2)[nH]n1. The number of nitrogens with one attached hydrogen (secondary N) is 1. The molecule has 3 aromatic heterocycles. The van der Waals surface area contributed by atoms with Gasteiger partial charge < -0.3 is 10.6 Å². The van der Waals surface area contributed by atoms with E-state index in [4.69, 9.17) is 5.73 Å². The van der Waals surface area contributed by atoms with Crippen LogP contribution in [0.25, 0.3) is 11.4 Å². The summed E-state index contributed by atoms with van der Waals surface area (Å²) in [6.07, 6.45) is -0.0377. The molecule has 4 rings (SSSR count). The summed E-state index contributed by atoms with van der Waals surface area (Å²) in [5.74, 6) is 0.956. The van der Waals surface area contributed by atoms with Crippen molar-refractivity contribution in [3.8, 4) is 11.4 Å². The highest BCUT2D eigenvalue weighted by Gasteiger charge is 2.35. The second-order valence-electron chi connectivity index (χ2n) is 6.68. The Labute approximate surface area is 158 Å². The molecule has 0 radical (unpaired) electrons. The number of nitrogen functional groups attached to an aromatic ring is 1. The van der Waals surface area contributed by atoms with Crippen molar-refractivity contribution in [2.24, 2.45) is 0 Å². The van der Waals surface area contributed by atoms with Gasteiger partial charge in [-0.1, -0.05) is 0 Å². The number of pyridine rings is 1. The minimum Gasteiger partial charge on any atom is -0.382 e. The largest absolute Gasteiger partial charge is 0.433 e. The van der Waals surface area contributed by atoms with Crippen molar-refractivity contribution in [3.63, 3.8) is 0 Å². The molecule has 0 unspecified atom stereocenters. The second kappa shape index (κ2) is 7.10. The second-order valence-corrected chi connectivity index (χ2v) is 6.68. The number of halogens is 3. The van der Waals surface area contributed by atoms with E-state index in [0.29, 0.717) is 24.5 Å². The Kier molecular flexibility index (Phi) is 4.62. The lowest BCUT2D eigenvalue weighted by Gasteiger charge is -2.32. The first kappa shape index (κ1) is 18.2. The summed E-state index contributed by atoms with van der Waals surface area (Å²) in [5, 5.41) is 6.85. The molecule has 1 aliphatic heterocycles. The minimum atomic E-state index is -4.56. The normalized spacial score (nSPS) is 15.8. The van der Waals surface area contributed by atoms with Crippen molar-refractivity contribution < 1.29 is 13.2 Å². The van der Waals surface area contributed by atoms with Gasteiger partial charge in [-0.2, -0.15) is 18.3 Å². The predicted octanol–water partition coefficient (Wildman–Crippen LogP) is 3.25. The fourth-order valence-corrected chi connectivity index (χ4v) is 3.35. The Bertz CT molecular complexity index is 947. The molecule has 1 saturated heterocycles. The fraction of sp³-hybridized carbons (Fsp3) is 0.333. The number of H-pyrrole nitrogens is 1. The molecule has 0 saturated carbocycles. The van der Waals surface area contributed by atoms with Crippen LogP contribution in [0.3, 0.4) is 0 Å². The van der Waals surface area contributed by atoms with Crippen molar-refractivity contribution in [2.75, 3.05) is 23.7 Å². The van der Waals surface area contributed by atoms with Gasteiger partial charge in [-0.05, 0) is 25.0 Å². The predicted molar refractivity (Wildman–Crippen MR) is 97.5 cm³/mol. The molecule has 1 aliphatic rings. The molecule has 28 heavy (non-hydrogen) atoms. The van der Waals surface area contributed by atoms with E-state index in [9.17, 15) is 13.2 Å². The zero-order chi connectivity index (χ0) is 19.7. The van der Waals surface area contributed by atoms with Crippen LogP contribution >= 0.6 is 0 Å². The van der Waals surface area contributed by atoms with E-state index in [1.54, 1.807) is 24.4 Å². The number of nitrogens with two attached hydrogens (primary N) is 1. The van der Waals surface area contributed by atoms with Crippen LogP contribution in [-0.4, -0.2) is 38.2 Å². The van der Waals surface area contributed by atoms with Crippen molar-refractivity contribution >= 4 is 11.6 Å². The van der Waals surface area contributed by atoms with Gasteiger partial charge in [0.2, 0.25) is 0 Å². The number of piperidine rings is 1. The van der Waals surface area contributed by atoms with Crippen LogP contribution in [0.5, 0.6) is 0 Å². The average molecular weight is 389 g/mol. The number of hydrogen-bond acceptors (Lipinski definition) is 6. The standard InChI is InChI=1S/C18H18F3N7/c19-18(20,21)14-9-16(25-17(24-14)12-2-1-5-23-10-12)28-6-3-11(4-7-28)13-8-15(22)27-26-13/h1-2,5,8-11H,3-4,6-7H2,(H3,22,26,27). The molecule has 0 spiro atoms. The first-order valence-electron chi connectivity index (χ1n) is 8.82. The van der Waals surface area contributed by atoms with E-state index >= 15 is 0 Å². The van der Waals surface area contributed by atoms with Gasteiger partial charge in [0.1, 0.15) is 11.6 Å². The summed E-state index contributed by atoms with van der Waals surface area (Å²) >= 11 is 0. The third-order valence-electron chi connectivity index (χ3n) is 4.80. The molecule has 3 aromatic rings. The van der Waals surface area contributed by atoms with E-state index in [-0.39, 0.29) is 17.6 Å². The first-order chi connectivity index (χ1) is 13.4. The lowest BCUT2D eigenvalue weighted by molar-refractivity contribution is -0.141. The maximum atomic E-state index is 13.4. The van der Waals surface area contributed by atoms with Crippen LogP contribution in [0.1, 0.15) is 30.1 Å². The third-order valence-corrected chi connectivity index (χ3v) is 4.80. The van der Waals surface area contributed by atoms with Gasteiger partial charge in [-0.15, -0.1) is 0 Å². The number of rotatable bonds is 3. The summed E-state index contributed by atoms with van der Waals surface area (Å²) in [6.45, 7) is 1.15. The third kappa shape index (κ3) is 3.75. The molecule has 10 heteroatoms. The molecule has 1 fully saturated rings. The molecular weight excluding hydrogens is 371 g/mol. The first-order valence-corrected chi connectivity index (χ1v) is 8.82. The summed E-state index contributed by atoms with van der Waals surface area (Å²) in [6, 6.07) is 6.09. The topological polar surface area (TPSA) is 96.6 Å². The molecule has 3 N–H and O–H groups in total. The molecule has 0 aromatic carbocycles. The van der Waals surface area contributed by atoms with Crippen LogP contribution in [0, 0.1) is 0 Å². The number of aromatic amines is 1. The molecule has 7 nitrogen and oxygen atoms in total. The van der Waals surface area contributed by atoms with Gasteiger partial charge in [0.15, 0.2) is 11.5 Å². The molecular formula is C18H18F3N7. The quantitative estimate of drug-likeness (QED) is 0.714. The van der Waals surface area contributed by atoms with Crippen LogP contribution in [0.2, 0.25) is 0 Å². The van der Waals surface area contributed by atoms with Crippen molar-refractivity contribution in [1.29, 1.82) is 0 Å². The van der Waals surface area contributed by atoms with E-state index in [1.807, 2.05) is 4.90 Å².